The standard InChI is InChI=1S/C23H24/c1-23(2,21-16-10-5-11-17-21)18-22(19-12-6-3-7-13-19)20-14-8-4-9-15-20/h3-17,22H,18H2,1-2H3. The molecule has 0 aromatic heterocycles. The molecule has 0 aliphatic heterocycles. The van der Waals surface area contributed by atoms with Crippen LogP contribution >= 0.6 is 0 Å². The van der Waals surface area contributed by atoms with Gasteiger partial charge < -0.3 is 0 Å². The fourth-order valence-corrected chi connectivity index (χ4v) is 3.32. The van der Waals surface area contributed by atoms with Gasteiger partial charge in [0, 0.05) is 5.92 Å². The zero-order valence-corrected chi connectivity index (χ0v) is 13.9. The van der Waals surface area contributed by atoms with Crippen molar-refractivity contribution < 1.29 is 0 Å². The second kappa shape index (κ2) is 6.83. The molecule has 0 heteroatoms. The second-order valence-electron chi connectivity index (χ2n) is 6.83. The van der Waals surface area contributed by atoms with Crippen LogP contribution in [-0.4, -0.2) is 0 Å². The van der Waals surface area contributed by atoms with Crippen molar-refractivity contribution in [1.82, 2.24) is 0 Å². The quantitative estimate of drug-likeness (QED) is 0.527. The minimum absolute atomic E-state index is 0.123. The highest BCUT2D eigenvalue weighted by Gasteiger charge is 2.27. The van der Waals surface area contributed by atoms with Crippen LogP contribution in [0.2, 0.25) is 0 Å². The van der Waals surface area contributed by atoms with E-state index in [1.54, 1.807) is 0 Å². The summed E-state index contributed by atoms with van der Waals surface area (Å²) in [6.45, 7) is 4.70. The van der Waals surface area contributed by atoms with Gasteiger partial charge in [-0.1, -0.05) is 105 Å². The van der Waals surface area contributed by atoms with Crippen molar-refractivity contribution in [3.05, 3.63) is 108 Å². The first-order valence-electron chi connectivity index (χ1n) is 8.32. The van der Waals surface area contributed by atoms with Gasteiger partial charge in [-0.05, 0) is 28.5 Å². The molecule has 0 aliphatic rings. The van der Waals surface area contributed by atoms with Crippen LogP contribution in [-0.2, 0) is 5.41 Å². The lowest BCUT2D eigenvalue weighted by Crippen LogP contribution is -2.21. The van der Waals surface area contributed by atoms with E-state index in [1.807, 2.05) is 0 Å². The smallest absolute Gasteiger partial charge is 0.00976 e. The Bertz CT molecular complexity index is 672. The number of rotatable bonds is 5. The monoisotopic (exact) mass is 300 g/mol. The van der Waals surface area contributed by atoms with Crippen LogP contribution in [0.25, 0.3) is 0 Å². The van der Waals surface area contributed by atoms with Crippen molar-refractivity contribution in [3.63, 3.8) is 0 Å². The minimum atomic E-state index is 0.123. The predicted octanol–water partition coefficient (Wildman–Crippen LogP) is 6.19. The van der Waals surface area contributed by atoms with Gasteiger partial charge in [0.1, 0.15) is 0 Å². The predicted molar refractivity (Wildman–Crippen MR) is 98.8 cm³/mol. The average Bonchev–Trinajstić information content (AvgIpc) is 2.62. The van der Waals surface area contributed by atoms with Crippen LogP contribution in [0, 0.1) is 0 Å². The maximum absolute atomic E-state index is 2.35. The van der Waals surface area contributed by atoms with Crippen LogP contribution < -0.4 is 0 Å². The lowest BCUT2D eigenvalue weighted by Gasteiger charge is -2.31. The molecule has 0 N–H and O–H groups in total. The largest absolute Gasteiger partial charge is 0.0622 e. The summed E-state index contributed by atoms with van der Waals surface area (Å²) in [4.78, 5) is 0. The third-order valence-electron chi connectivity index (χ3n) is 4.67. The Morgan fingerprint density at radius 3 is 1.43 bits per heavy atom. The molecule has 0 unspecified atom stereocenters. The molecule has 116 valence electrons. The third kappa shape index (κ3) is 3.71. The third-order valence-corrected chi connectivity index (χ3v) is 4.67. The molecule has 0 nitrogen and oxygen atoms in total. The van der Waals surface area contributed by atoms with E-state index in [2.05, 4.69) is 105 Å². The Morgan fingerprint density at radius 2 is 1.00 bits per heavy atom. The summed E-state index contributed by atoms with van der Waals surface area (Å²) in [7, 11) is 0. The molecule has 0 fully saturated rings. The summed E-state index contributed by atoms with van der Waals surface area (Å²) in [5.41, 5.74) is 4.31. The van der Waals surface area contributed by atoms with Crippen molar-refractivity contribution >= 4 is 0 Å². The first-order chi connectivity index (χ1) is 11.2. The maximum atomic E-state index is 2.35. The summed E-state index contributed by atoms with van der Waals surface area (Å²) in [6, 6.07) is 32.6. The molecule has 0 heterocycles. The van der Waals surface area contributed by atoms with E-state index in [9.17, 15) is 0 Å². The summed E-state index contributed by atoms with van der Waals surface area (Å²) in [5, 5.41) is 0. The summed E-state index contributed by atoms with van der Waals surface area (Å²) >= 11 is 0. The van der Waals surface area contributed by atoms with E-state index >= 15 is 0 Å². The second-order valence-corrected chi connectivity index (χ2v) is 6.83. The van der Waals surface area contributed by atoms with Gasteiger partial charge >= 0.3 is 0 Å². The van der Waals surface area contributed by atoms with Crippen molar-refractivity contribution in [2.45, 2.75) is 31.6 Å². The van der Waals surface area contributed by atoms with Gasteiger partial charge in [0.05, 0.1) is 0 Å². The fourth-order valence-electron chi connectivity index (χ4n) is 3.32. The van der Waals surface area contributed by atoms with Gasteiger partial charge in [-0.25, -0.2) is 0 Å². The van der Waals surface area contributed by atoms with Crippen molar-refractivity contribution in [2.24, 2.45) is 0 Å². The normalized spacial score (nSPS) is 11.6. The Labute approximate surface area is 139 Å². The summed E-state index contributed by atoms with van der Waals surface area (Å²) in [5.74, 6) is 0.410. The summed E-state index contributed by atoms with van der Waals surface area (Å²) in [6.07, 6.45) is 1.09. The Morgan fingerprint density at radius 1 is 0.609 bits per heavy atom. The van der Waals surface area contributed by atoms with E-state index < -0.39 is 0 Å². The number of benzene rings is 3. The van der Waals surface area contributed by atoms with Gasteiger partial charge in [0.15, 0.2) is 0 Å². The van der Waals surface area contributed by atoms with Crippen molar-refractivity contribution in [2.75, 3.05) is 0 Å². The highest BCUT2D eigenvalue weighted by molar-refractivity contribution is 5.35. The molecule has 0 saturated carbocycles. The van der Waals surface area contributed by atoms with Crippen LogP contribution in [0.1, 0.15) is 42.9 Å². The number of hydrogen-bond donors (Lipinski definition) is 0. The van der Waals surface area contributed by atoms with E-state index in [4.69, 9.17) is 0 Å². The molecule has 23 heavy (non-hydrogen) atoms. The van der Waals surface area contributed by atoms with E-state index in [1.165, 1.54) is 16.7 Å². The molecule has 0 bridgehead atoms. The Balaban J connectivity index is 1.97. The molecular formula is C23H24. The maximum Gasteiger partial charge on any atom is 0.00976 e. The fraction of sp³-hybridized carbons (Fsp3) is 0.217. The zero-order chi connectivity index (χ0) is 16.1. The lowest BCUT2D eigenvalue weighted by molar-refractivity contribution is 0.450. The van der Waals surface area contributed by atoms with Crippen molar-refractivity contribution in [1.29, 1.82) is 0 Å². The Hall–Kier alpha value is -2.34. The molecule has 3 aromatic rings. The molecular weight excluding hydrogens is 276 g/mol. The van der Waals surface area contributed by atoms with Crippen LogP contribution in [0.3, 0.4) is 0 Å². The van der Waals surface area contributed by atoms with Gasteiger partial charge in [0.25, 0.3) is 0 Å². The van der Waals surface area contributed by atoms with Crippen LogP contribution in [0.4, 0.5) is 0 Å². The molecule has 0 amide bonds. The van der Waals surface area contributed by atoms with Gasteiger partial charge in [-0.3, -0.25) is 0 Å². The summed E-state index contributed by atoms with van der Waals surface area (Å²) < 4.78 is 0. The molecule has 3 aromatic carbocycles. The topological polar surface area (TPSA) is 0 Å². The van der Waals surface area contributed by atoms with Crippen LogP contribution in [0.5, 0.6) is 0 Å². The first-order valence-corrected chi connectivity index (χ1v) is 8.32. The van der Waals surface area contributed by atoms with Gasteiger partial charge in [-0.15, -0.1) is 0 Å². The molecule has 0 spiro atoms. The molecule has 0 radical (unpaired) electrons. The van der Waals surface area contributed by atoms with Crippen LogP contribution in [0.15, 0.2) is 91.0 Å². The SMILES string of the molecule is CC(C)(CC(c1ccccc1)c1ccccc1)c1ccccc1. The minimum Gasteiger partial charge on any atom is -0.0622 e. The first kappa shape index (κ1) is 15.6. The lowest BCUT2D eigenvalue weighted by atomic mass is 9.73. The Kier molecular flexibility index (Phi) is 4.62. The molecule has 3 rings (SSSR count). The van der Waals surface area contributed by atoms with E-state index in [0.29, 0.717) is 5.92 Å². The highest BCUT2D eigenvalue weighted by atomic mass is 14.3. The number of hydrogen-bond acceptors (Lipinski definition) is 0. The molecule has 0 atom stereocenters. The van der Waals surface area contributed by atoms with E-state index in [-0.39, 0.29) is 5.41 Å². The van der Waals surface area contributed by atoms with Crippen molar-refractivity contribution in [3.8, 4) is 0 Å². The average molecular weight is 300 g/mol. The van der Waals surface area contributed by atoms with E-state index in [0.717, 1.165) is 6.42 Å². The zero-order valence-electron chi connectivity index (χ0n) is 13.9. The van der Waals surface area contributed by atoms with Gasteiger partial charge in [0.2, 0.25) is 0 Å². The highest BCUT2D eigenvalue weighted by Crippen LogP contribution is 2.38. The molecule has 0 aliphatic carbocycles. The van der Waals surface area contributed by atoms with Gasteiger partial charge in [-0.2, -0.15) is 0 Å². The molecule has 0 saturated heterocycles.